The Labute approximate surface area is 99.9 Å². The second kappa shape index (κ2) is 5.51. The summed E-state index contributed by atoms with van der Waals surface area (Å²) in [4.78, 5) is 7.98. The summed E-state index contributed by atoms with van der Waals surface area (Å²) in [6.45, 7) is 0. The van der Waals surface area contributed by atoms with Crippen LogP contribution in [-0.4, -0.2) is 19.7 Å². The molecule has 0 bridgehead atoms. The quantitative estimate of drug-likeness (QED) is 0.574. The van der Waals surface area contributed by atoms with Gasteiger partial charge >= 0.3 is 0 Å². The molecule has 1 atom stereocenters. The fourth-order valence-electron chi connectivity index (χ4n) is 1.78. The van der Waals surface area contributed by atoms with Gasteiger partial charge in [-0.25, -0.2) is 9.97 Å². The molecule has 90 valence electrons. The van der Waals surface area contributed by atoms with Gasteiger partial charge in [0, 0.05) is 42.9 Å². The first kappa shape index (κ1) is 11.7. The van der Waals surface area contributed by atoms with E-state index >= 15 is 0 Å². The number of nitrogens with zero attached hydrogens (tertiary/aromatic N) is 4. The monoisotopic (exact) mass is 232 g/mol. The predicted octanol–water partition coefficient (Wildman–Crippen LogP) is 0.347. The van der Waals surface area contributed by atoms with Crippen molar-refractivity contribution in [3.63, 3.8) is 0 Å². The average Bonchev–Trinajstić information content (AvgIpc) is 2.77. The van der Waals surface area contributed by atoms with Crippen LogP contribution in [0.4, 0.5) is 0 Å². The second-order valence-corrected chi connectivity index (χ2v) is 3.88. The van der Waals surface area contributed by atoms with Gasteiger partial charge in [0.2, 0.25) is 0 Å². The van der Waals surface area contributed by atoms with E-state index in [0.29, 0.717) is 0 Å². The van der Waals surface area contributed by atoms with Gasteiger partial charge in [-0.3, -0.25) is 16.0 Å². The zero-order chi connectivity index (χ0) is 12.1. The van der Waals surface area contributed by atoms with Gasteiger partial charge in [0.05, 0.1) is 0 Å². The van der Waals surface area contributed by atoms with Crippen molar-refractivity contribution in [3.8, 4) is 0 Å². The Morgan fingerprint density at radius 1 is 1.41 bits per heavy atom. The molecule has 0 aliphatic rings. The molecule has 2 rings (SSSR count). The number of aryl methyl sites for hydroxylation is 2. The Balaban J connectivity index is 1.99. The van der Waals surface area contributed by atoms with Gasteiger partial charge in [-0.15, -0.1) is 0 Å². The molecule has 0 aliphatic carbocycles. The minimum atomic E-state index is 0.0612. The summed E-state index contributed by atoms with van der Waals surface area (Å²) in [6, 6.07) is 2.07. The fraction of sp³-hybridized carbons (Fsp3) is 0.364. The largest absolute Gasteiger partial charge is 0.273 e. The van der Waals surface area contributed by atoms with Gasteiger partial charge in [0.25, 0.3) is 0 Å². The molecule has 17 heavy (non-hydrogen) atoms. The average molecular weight is 232 g/mol. The maximum absolute atomic E-state index is 5.55. The van der Waals surface area contributed by atoms with E-state index in [9.17, 15) is 0 Å². The van der Waals surface area contributed by atoms with Crippen molar-refractivity contribution in [1.29, 1.82) is 0 Å². The molecule has 0 fully saturated rings. The standard InChI is InChI=1S/C11H16N6/c1-17-10(4-5-15-17)2-3-11(16-12)9-6-13-8-14-7-9/h4-8,11,16H,2-3,12H2,1H3. The zero-order valence-electron chi connectivity index (χ0n) is 9.74. The molecule has 2 heterocycles. The molecule has 0 spiro atoms. The molecule has 0 saturated heterocycles. The van der Waals surface area contributed by atoms with E-state index in [-0.39, 0.29) is 6.04 Å². The van der Waals surface area contributed by atoms with Crippen LogP contribution in [0, 0.1) is 0 Å². The summed E-state index contributed by atoms with van der Waals surface area (Å²) >= 11 is 0. The molecule has 0 aromatic carbocycles. The molecule has 3 N–H and O–H groups in total. The first-order chi connectivity index (χ1) is 8.31. The van der Waals surface area contributed by atoms with E-state index in [1.54, 1.807) is 18.6 Å². The Morgan fingerprint density at radius 2 is 2.18 bits per heavy atom. The highest BCUT2D eigenvalue weighted by Gasteiger charge is 2.11. The number of hydrogen-bond donors (Lipinski definition) is 2. The molecular weight excluding hydrogens is 216 g/mol. The van der Waals surface area contributed by atoms with Crippen molar-refractivity contribution in [1.82, 2.24) is 25.2 Å². The molecule has 0 radical (unpaired) electrons. The highest BCUT2D eigenvalue weighted by molar-refractivity contribution is 5.10. The smallest absolute Gasteiger partial charge is 0.115 e. The maximum Gasteiger partial charge on any atom is 0.115 e. The van der Waals surface area contributed by atoms with E-state index in [4.69, 9.17) is 5.84 Å². The number of nitrogens with one attached hydrogen (secondary N) is 1. The summed E-state index contributed by atoms with van der Waals surface area (Å²) in [6.07, 6.45) is 8.65. The minimum absolute atomic E-state index is 0.0612. The van der Waals surface area contributed by atoms with Crippen LogP contribution in [0.5, 0.6) is 0 Å². The summed E-state index contributed by atoms with van der Waals surface area (Å²) < 4.78 is 1.87. The number of aromatic nitrogens is 4. The normalized spacial score (nSPS) is 12.6. The highest BCUT2D eigenvalue weighted by Crippen LogP contribution is 2.16. The topological polar surface area (TPSA) is 81.7 Å². The van der Waals surface area contributed by atoms with Crippen molar-refractivity contribution < 1.29 is 0 Å². The number of rotatable bonds is 5. The predicted molar refractivity (Wildman–Crippen MR) is 63.6 cm³/mol. The molecule has 0 aliphatic heterocycles. The first-order valence-electron chi connectivity index (χ1n) is 5.49. The van der Waals surface area contributed by atoms with Crippen LogP contribution in [0.25, 0.3) is 0 Å². The molecule has 0 amide bonds. The van der Waals surface area contributed by atoms with E-state index in [2.05, 4.69) is 20.5 Å². The Kier molecular flexibility index (Phi) is 3.79. The second-order valence-electron chi connectivity index (χ2n) is 3.88. The van der Waals surface area contributed by atoms with E-state index in [1.807, 2.05) is 17.8 Å². The third kappa shape index (κ3) is 2.86. The van der Waals surface area contributed by atoms with Crippen LogP contribution >= 0.6 is 0 Å². The number of hydrazine groups is 1. The van der Waals surface area contributed by atoms with Crippen LogP contribution in [0.2, 0.25) is 0 Å². The van der Waals surface area contributed by atoms with Gasteiger partial charge in [-0.2, -0.15) is 5.10 Å². The lowest BCUT2D eigenvalue weighted by Crippen LogP contribution is -2.28. The Bertz CT molecular complexity index is 452. The lowest BCUT2D eigenvalue weighted by Gasteiger charge is -2.15. The Morgan fingerprint density at radius 3 is 2.76 bits per heavy atom. The lowest BCUT2D eigenvalue weighted by molar-refractivity contribution is 0.504. The van der Waals surface area contributed by atoms with Crippen molar-refractivity contribution in [2.75, 3.05) is 0 Å². The molecule has 6 nitrogen and oxygen atoms in total. The van der Waals surface area contributed by atoms with E-state index in [1.165, 1.54) is 12.0 Å². The van der Waals surface area contributed by atoms with Crippen LogP contribution in [-0.2, 0) is 13.5 Å². The van der Waals surface area contributed by atoms with Crippen molar-refractivity contribution >= 4 is 0 Å². The third-order valence-electron chi connectivity index (χ3n) is 2.80. The number of hydrogen-bond acceptors (Lipinski definition) is 5. The summed E-state index contributed by atoms with van der Waals surface area (Å²) in [5, 5.41) is 4.13. The van der Waals surface area contributed by atoms with Crippen molar-refractivity contribution in [2.24, 2.45) is 12.9 Å². The van der Waals surface area contributed by atoms with Crippen LogP contribution in [0.1, 0.15) is 23.7 Å². The number of nitrogens with two attached hydrogens (primary N) is 1. The fourth-order valence-corrected chi connectivity index (χ4v) is 1.78. The van der Waals surface area contributed by atoms with Crippen molar-refractivity contribution in [3.05, 3.63) is 42.2 Å². The molecular formula is C11H16N6. The highest BCUT2D eigenvalue weighted by atomic mass is 15.3. The maximum atomic E-state index is 5.55. The van der Waals surface area contributed by atoms with Crippen LogP contribution < -0.4 is 11.3 Å². The minimum Gasteiger partial charge on any atom is -0.273 e. The van der Waals surface area contributed by atoms with Gasteiger partial charge in [-0.1, -0.05) is 0 Å². The molecule has 2 aromatic heterocycles. The Hall–Kier alpha value is -1.79. The third-order valence-corrected chi connectivity index (χ3v) is 2.80. The van der Waals surface area contributed by atoms with Gasteiger partial charge < -0.3 is 0 Å². The summed E-state index contributed by atoms with van der Waals surface area (Å²) in [5.74, 6) is 5.55. The zero-order valence-corrected chi connectivity index (χ0v) is 9.74. The lowest BCUT2D eigenvalue weighted by atomic mass is 10.0. The molecule has 0 saturated carbocycles. The molecule has 2 aromatic rings. The van der Waals surface area contributed by atoms with Crippen molar-refractivity contribution in [2.45, 2.75) is 18.9 Å². The summed E-state index contributed by atoms with van der Waals surface area (Å²) in [5.41, 5.74) is 4.97. The van der Waals surface area contributed by atoms with Crippen LogP contribution in [0.15, 0.2) is 31.0 Å². The van der Waals surface area contributed by atoms with Crippen LogP contribution in [0.3, 0.4) is 0 Å². The van der Waals surface area contributed by atoms with Gasteiger partial charge in [-0.05, 0) is 18.9 Å². The van der Waals surface area contributed by atoms with Gasteiger partial charge in [0.1, 0.15) is 6.33 Å². The SMILES string of the molecule is Cn1nccc1CCC(NN)c1cncnc1. The molecule has 1 unspecified atom stereocenters. The van der Waals surface area contributed by atoms with Gasteiger partial charge in [0.15, 0.2) is 0 Å². The summed E-state index contributed by atoms with van der Waals surface area (Å²) in [7, 11) is 1.94. The first-order valence-corrected chi connectivity index (χ1v) is 5.49. The van der Waals surface area contributed by atoms with E-state index < -0.39 is 0 Å². The molecule has 6 heteroatoms. The van der Waals surface area contributed by atoms with E-state index in [0.717, 1.165) is 18.4 Å².